The third-order valence-electron chi connectivity index (χ3n) is 6.35. The average molecular weight is 454 g/mol. The minimum atomic E-state index is -3.15. The molecule has 2 atom stereocenters. The van der Waals surface area contributed by atoms with Crippen molar-refractivity contribution >= 4 is 39.0 Å². The molecule has 1 aromatic rings. The van der Waals surface area contributed by atoms with Crippen LogP contribution in [0.3, 0.4) is 0 Å². The topological polar surface area (TPSA) is 104 Å². The fourth-order valence-corrected chi connectivity index (χ4v) is 7.50. The van der Waals surface area contributed by atoms with Crippen LogP contribution in [0.15, 0.2) is 11.4 Å². The summed E-state index contributed by atoms with van der Waals surface area (Å²) in [5, 5.41) is 4.79. The van der Waals surface area contributed by atoms with E-state index >= 15 is 0 Å². The Bertz CT molecular complexity index is 973. The van der Waals surface area contributed by atoms with Crippen molar-refractivity contribution in [3.8, 4) is 0 Å². The van der Waals surface area contributed by atoms with E-state index in [1.165, 1.54) is 0 Å². The third kappa shape index (κ3) is 3.64. The van der Waals surface area contributed by atoms with Crippen molar-refractivity contribution in [1.29, 1.82) is 0 Å². The van der Waals surface area contributed by atoms with Gasteiger partial charge in [0.25, 0.3) is 5.91 Å². The van der Waals surface area contributed by atoms with E-state index < -0.39 is 21.4 Å². The highest BCUT2D eigenvalue weighted by molar-refractivity contribution is 7.91. The fourth-order valence-electron chi connectivity index (χ4n) is 4.77. The Morgan fingerprint density at radius 2 is 2.20 bits per heavy atom. The van der Waals surface area contributed by atoms with Crippen molar-refractivity contribution in [2.24, 2.45) is 0 Å². The molecule has 1 spiro atoms. The molecule has 1 aromatic heterocycles. The second kappa shape index (κ2) is 7.96. The molecule has 3 aliphatic rings. The summed E-state index contributed by atoms with van der Waals surface area (Å²) in [6, 6.07) is 0.948. The number of aryl methyl sites for hydroxylation is 1. The SMILES string of the molecule is CCCCN(C(=O)CN1C(=O)N[C@]2(CCCc3sccc32)C1=O)[C@@H]1CCS(=O)(=O)C1. The lowest BCUT2D eigenvalue weighted by atomic mass is 9.80. The molecule has 3 heterocycles. The van der Waals surface area contributed by atoms with Gasteiger partial charge in [-0.05, 0) is 43.6 Å². The van der Waals surface area contributed by atoms with Crippen molar-refractivity contribution in [1.82, 2.24) is 15.1 Å². The molecule has 1 aliphatic carbocycles. The summed E-state index contributed by atoms with van der Waals surface area (Å²) in [5.74, 6) is -0.729. The van der Waals surface area contributed by atoms with Gasteiger partial charge in [0, 0.05) is 23.0 Å². The molecule has 2 fully saturated rings. The lowest BCUT2D eigenvalue weighted by molar-refractivity contribution is -0.140. The molecule has 0 aromatic carbocycles. The highest BCUT2D eigenvalue weighted by Gasteiger charge is 2.55. The second-order valence-electron chi connectivity index (χ2n) is 8.34. The second-order valence-corrected chi connectivity index (χ2v) is 11.6. The molecule has 4 amide bonds. The summed E-state index contributed by atoms with van der Waals surface area (Å²) in [4.78, 5) is 42.8. The molecule has 0 unspecified atom stereocenters. The van der Waals surface area contributed by atoms with Crippen LogP contribution in [-0.2, 0) is 31.4 Å². The van der Waals surface area contributed by atoms with Gasteiger partial charge >= 0.3 is 6.03 Å². The molecular formula is C20H27N3O5S2. The van der Waals surface area contributed by atoms with E-state index in [0.717, 1.165) is 41.0 Å². The lowest BCUT2D eigenvalue weighted by Gasteiger charge is -2.32. The van der Waals surface area contributed by atoms with Gasteiger partial charge in [0.15, 0.2) is 9.84 Å². The number of carbonyl (C=O) groups excluding carboxylic acids is 3. The summed E-state index contributed by atoms with van der Waals surface area (Å²) < 4.78 is 23.8. The van der Waals surface area contributed by atoms with Crippen LogP contribution in [0.1, 0.15) is 49.5 Å². The maximum Gasteiger partial charge on any atom is 0.325 e. The molecule has 0 radical (unpaired) electrons. The average Bonchev–Trinajstić information content (AvgIpc) is 3.37. The maximum absolute atomic E-state index is 13.3. The molecule has 164 valence electrons. The van der Waals surface area contributed by atoms with Crippen molar-refractivity contribution < 1.29 is 22.8 Å². The summed E-state index contributed by atoms with van der Waals surface area (Å²) in [7, 11) is -3.15. The molecule has 1 N–H and O–H groups in total. The van der Waals surface area contributed by atoms with Crippen LogP contribution in [0.2, 0.25) is 0 Å². The number of unbranched alkanes of at least 4 members (excludes halogenated alkanes) is 1. The number of hydrogen-bond acceptors (Lipinski definition) is 6. The van der Waals surface area contributed by atoms with E-state index in [1.54, 1.807) is 16.2 Å². The number of rotatable bonds is 6. The highest BCUT2D eigenvalue weighted by atomic mass is 32.2. The summed E-state index contributed by atoms with van der Waals surface area (Å²) >= 11 is 1.58. The van der Waals surface area contributed by atoms with E-state index in [0.29, 0.717) is 19.4 Å². The van der Waals surface area contributed by atoms with Crippen molar-refractivity contribution in [3.63, 3.8) is 0 Å². The number of fused-ring (bicyclic) bond motifs is 2. The monoisotopic (exact) mass is 453 g/mol. The molecule has 30 heavy (non-hydrogen) atoms. The van der Waals surface area contributed by atoms with Crippen LogP contribution < -0.4 is 5.32 Å². The Kier molecular flexibility index (Phi) is 5.65. The van der Waals surface area contributed by atoms with E-state index in [2.05, 4.69) is 5.32 Å². The van der Waals surface area contributed by atoms with E-state index in [1.807, 2.05) is 18.4 Å². The van der Waals surface area contributed by atoms with E-state index in [4.69, 9.17) is 0 Å². The number of urea groups is 1. The maximum atomic E-state index is 13.3. The summed E-state index contributed by atoms with van der Waals surface area (Å²) in [6.07, 6.45) is 4.20. The standard InChI is InChI=1S/C20H27N3O5S2/c1-2-3-9-22(14-7-11-30(27,28)13-14)17(24)12-23-18(25)20(21-19(23)26)8-4-5-16-15(20)6-10-29-16/h6,10,14H,2-5,7-9,11-13H2,1H3,(H,21,26)/t14-,20+/m1/s1. The minimum absolute atomic E-state index is 0.0508. The van der Waals surface area contributed by atoms with Crippen LogP contribution >= 0.6 is 11.3 Å². The van der Waals surface area contributed by atoms with E-state index in [-0.39, 0.29) is 35.9 Å². The zero-order valence-electron chi connectivity index (χ0n) is 17.1. The van der Waals surface area contributed by atoms with Gasteiger partial charge in [-0.15, -0.1) is 11.3 Å². The van der Waals surface area contributed by atoms with E-state index in [9.17, 15) is 22.8 Å². The number of imide groups is 1. The van der Waals surface area contributed by atoms with Gasteiger partial charge in [0.1, 0.15) is 12.1 Å². The molecule has 4 rings (SSSR count). The first-order valence-corrected chi connectivity index (χ1v) is 13.2. The number of sulfone groups is 1. The molecule has 2 aliphatic heterocycles. The number of amides is 4. The largest absolute Gasteiger partial charge is 0.337 e. The highest BCUT2D eigenvalue weighted by Crippen LogP contribution is 2.42. The van der Waals surface area contributed by atoms with Crippen molar-refractivity contribution in [2.75, 3.05) is 24.6 Å². The first-order chi connectivity index (χ1) is 14.3. The van der Waals surface area contributed by atoms with Crippen LogP contribution in [0, 0.1) is 0 Å². The molecule has 0 saturated carbocycles. The smallest absolute Gasteiger partial charge is 0.325 e. The predicted molar refractivity (Wildman–Crippen MR) is 113 cm³/mol. The summed E-state index contributed by atoms with van der Waals surface area (Å²) in [6.45, 7) is 2.07. The quantitative estimate of drug-likeness (QED) is 0.660. The van der Waals surface area contributed by atoms with Crippen LogP contribution in [0.5, 0.6) is 0 Å². The number of thiophene rings is 1. The normalized spacial score (nSPS) is 27.4. The fraction of sp³-hybridized carbons (Fsp3) is 0.650. The number of nitrogens with zero attached hydrogens (tertiary/aromatic N) is 2. The first-order valence-electron chi connectivity index (χ1n) is 10.5. The number of hydrogen-bond donors (Lipinski definition) is 1. The van der Waals surface area contributed by atoms with Crippen LogP contribution in [0.25, 0.3) is 0 Å². The van der Waals surface area contributed by atoms with Crippen LogP contribution in [0.4, 0.5) is 4.79 Å². The van der Waals surface area contributed by atoms with Gasteiger partial charge in [-0.1, -0.05) is 13.3 Å². The number of nitrogens with one attached hydrogen (secondary N) is 1. The Hall–Kier alpha value is -1.94. The number of carbonyl (C=O) groups is 3. The Balaban J connectivity index is 1.54. The van der Waals surface area contributed by atoms with Crippen molar-refractivity contribution in [2.45, 2.75) is 57.0 Å². The van der Waals surface area contributed by atoms with Gasteiger partial charge in [-0.25, -0.2) is 13.2 Å². The Morgan fingerprint density at radius 3 is 2.90 bits per heavy atom. The zero-order valence-corrected chi connectivity index (χ0v) is 18.7. The van der Waals surface area contributed by atoms with Gasteiger partial charge in [0.05, 0.1) is 11.5 Å². The van der Waals surface area contributed by atoms with Gasteiger partial charge < -0.3 is 10.2 Å². The van der Waals surface area contributed by atoms with Gasteiger partial charge in [-0.3, -0.25) is 14.5 Å². The molecule has 0 bridgehead atoms. The molecular weight excluding hydrogens is 426 g/mol. The molecule has 8 nitrogen and oxygen atoms in total. The zero-order chi connectivity index (χ0) is 21.5. The Morgan fingerprint density at radius 1 is 1.40 bits per heavy atom. The lowest BCUT2D eigenvalue weighted by Crippen LogP contribution is -2.49. The van der Waals surface area contributed by atoms with Gasteiger partial charge in [0.2, 0.25) is 5.91 Å². The Labute approximate surface area is 180 Å². The summed E-state index contributed by atoms with van der Waals surface area (Å²) in [5.41, 5.74) is -0.229. The van der Waals surface area contributed by atoms with Crippen LogP contribution in [-0.4, -0.2) is 66.7 Å². The van der Waals surface area contributed by atoms with Crippen molar-refractivity contribution in [3.05, 3.63) is 21.9 Å². The molecule has 2 saturated heterocycles. The predicted octanol–water partition coefficient (Wildman–Crippen LogP) is 1.65. The van der Waals surface area contributed by atoms with Gasteiger partial charge in [-0.2, -0.15) is 0 Å². The first kappa shape index (κ1) is 21.3. The molecule has 10 heteroatoms. The third-order valence-corrected chi connectivity index (χ3v) is 9.08. The minimum Gasteiger partial charge on any atom is -0.337 e.